The van der Waals surface area contributed by atoms with E-state index >= 15 is 0 Å². The molecule has 5 heteroatoms. The average Bonchev–Trinajstić information content (AvgIpc) is 2.36. The van der Waals surface area contributed by atoms with E-state index in [0.29, 0.717) is 19.1 Å². The summed E-state index contributed by atoms with van der Waals surface area (Å²) in [5, 5.41) is 0. The van der Waals surface area contributed by atoms with Crippen LogP contribution in [0, 0.1) is 0 Å². The number of carbonyl (C=O) groups is 2. The number of nitrogens with zero attached hydrogens (tertiary/aromatic N) is 3. The second-order valence-electron chi connectivity index (χ2n) is 6.75. The van der Waals surface area contributed by atoms with Crippen LogP contribution in [0.1, 0.15) is 48.5 Å². The minimum Gasteiger partial charge on any atom is -0.336 e. The van der Waals surface area contributed by atoms with Crippen LogP contribution in [-0.4, -0.2) is 70.3 Å². The first kappa shape index (κ1) is 18.0. The van der Waals surface area contributed by atoms with Gasteiger partial charge in [-0.05, 0) is 41.5 Å². The predicted octanol–water partition coefficient (Wildman–Crippen LogP) is 1.57. The molecular formula is C16H31N3O2. The van der Waals surface area contributed by atoms with Gasteiger partial charge in [0.25, 0.3) is 0 Å². The fourth-order valence-corrected chi connectivity index (χ4v) is 3.14. The third kappa shape index (κ3) is 4.19. The van der Waals surface area contributed by atoms with Gasteiger partial charge >= 0.3 is 0 Å². The topological polar surface area (TPSA) is 43.9 Å². The molecule has 2 amide bonds. The summed E-state index contributed by atoms with van der Waals surface area (Å²) in [4.78, 5) is 30.8. The van der Waals surface area contributed by atoms with Crippen molar-refractivity contribution in [2.45, 2.75) is 72.6 Å². The molecule has 0 aromatic heterocycles. The molecule has 1 aliphatic rings. The molecule has 1 atom stereocenters. The smallest absolute Gasteiger partial charge is 0.247 e. The molecule has 1 fully saturated rings. The first-order chi connectivity index (χ1) is 9.66. The van der Waals surface area contributed by atoms with E-state index in [1.54, 1.807) is 11.8 Å². The second-order valence-corrected chi connectivity index (χ2v) is 6.75. The maximum atomic E-state index is 13.0. The maximum absolute atomic E-state index is 13.0. The summed E-state index contributed by atoms with van der Waals surface area (Å²) < 4.78 is 0. The molecule has 0 spiro atoms. The maximum Gasteiger partial charge on any atom is 0.247 e. The van der Waals surface area contributed by atoms with E-state index in [4.69, 9.17) is 0 Å². The largest absolute Gasteiger partial charge is 0.336 e. The highest BCUT2D eigenvalue weighted by Crippen LogP contribution is 2.18. The van der Waals surface area contributed by atoms with Crippen LogP contribution in [0.3, 0.4) is 0 Å². The molecule has 0 N–H and O–H groups in total. The highest BCUT2D eigenvalue weighted by molar-refractivity contribution is 5.87. The van der Waals surface area contributed by atoms with Crippen molar-refractivity contribution in [3.8, 4) is 0 Å². The van der Waals surface area contributed by atoms with Gasteiger partial charge in [-0.15, -0.1) is 0 Å². The standard InChI is InChI=1S/C16H31N3O2/c1-11(2)17-8-9-18(14(7)20)15(10-17)16(21)19(12(3)4)13(5)6/h11-13,15H,8-10H2,1-7H3/t15-/m1/s1. The minimum atomic E-state index is -0.358. The Kier molecular flexibility index (Phi) is 6.20. The Morgan fingerprint density at radius 2 is 1.52 bits per heavy atom. The summed E-state index contributed by atoms with van der Waals surface area (Å²) >= 11 is 0. The fraction of sp³-hybridized carbons (Fsp3) is 0.875. The van der Waals surface area contributed by atoms with Gasteiger partial charge in [0.15, 0.2) is 0 Å². The van der Waals surface area contributed by atoms with Gasteiger partial charge in [0, 0.05) is 44.7 Å². The Balaban J connectivity index is 3.00. The van der Waals surface area contributed by atoms with Crippen LogP contribution < -0.4 is 0 Å². The molecule has 0 saturated carbocycles. The Hall–Kier alpha value is -1.10. The van der Waals surface area contributed by atoms with Gasteiger partial charge in [-0.25, -0.2) is 0 Å². The third-order valence-corrected chi connectivity index (χ3v) is 4.20. The molecule has 1 aliphatic heterocycles. The lowest BCUT2D eigenvalue weighted by molar-refractivity contribution is -0.151. The van der Waals surface area contributed by atoms with Gasteiger partial charge in [0.2, 0.25) is 11.8 Å². The lowest BCUT2D eigenvalue weighted by Gasteiger charge is -2.44. The van der Waals surface area contributed by atoms with E-state index in [0.717, 1.165) is 6.54 Å². The Bertz CT molecular complexity index is 372. The summed E-state index contributed by atoms with van der Waals surface area (Å²) in [6, 6.07) is 0.311. The van der Waals surface area contributed by atoms with Crippen LogP contribution in [0.2, 0.25) is 0 Å². The van der Waals surface area contributed by atoms with Crippen molar-refractivity contribution >= 4 is 11.8 Å². The van der Waals surface area contributed by atoms with Gasteiger partial charge in [-0.2, -0.15) is 0 Å². The summed E-state index contributed by atoms with van der Waals surface area (Å²) in [6.45, 7) is 16.0. The SMILES string of the molecule is CC(=O)N1CCN(C(C)C)C[C@@H]1C(=O)N(C(C)C)C(C)C. The molecule has 0 unspecified atom stereocenters. The second kappa shape index (κ2) is 7.25. The van der Waals surface area contributed by atoms with Gasteiger partial charge in [-0.3, -0.25) is 14.5 Å². The number of amides is 2. The molecule has 0 aromatic rings. The summed E-state index contributed by atoms with van der Waals surface area (Å²) in [5.41, 5.74) is 0. The summed E-state index contributed by atoms with van der Waals surface area (Å²) in [6.07, 6.45) is 0. The predicted molar refractivity (Wildman–Crippen MR) is 85.0 cm³/mol. The van der Waals surface area contributed by atoms with E-state index in [9.17, 15) is 9.59 Å². The highest BCUT2D eigenvalue weighted by atomic mass is 16.2. The zero-order chi connectivity index (χ0) is 16.3. The van der Waals surface area contributed by atoms with Crippen molar-refractivity contribution in [1.29, 1.82) is 0 Å². The first-order valence-electron chi connectivity index (χ1n) is 8.00. The van der Waals surface area contributed by atoms with Crippen LogP contribution in [0.5, 0.6) is 0 Å². The lowest BCUT2D eigenvalue weighted by atomic mass is 10.1. The van der Waals surface area contributed by atoms with E-state index < -0.39 is 0 Å². The van der Waals surface area contributed by atoms with Crippen molar-refractivity contribution in [3.05, 3.63) is 0 Å². The van der Waals surface area contributed by atoms with Gasteiger partial charge in [0.1, 0.15) is 6.04 Å². The molecule has 1 heterocycles. The van der Waals surface area contributed by atoms with Gasteiger partial charge in [0.05, 0.1) is 0 Å². The molecule has 1 rings (SSSR count). The molecule has 122 valence electrons. The molecule has 1 saturated heterocycles. The van der Waals surface area contributed by atoms with Crippen molar-refractivity contribution in [1.82, 2.24) is 14.7 Å². The van der Waals surface area contributed by atoms with Gasteiger partial charge < -0.3 is 9.80 Å². The van der Waals surface area contributed by atoms with Gasteiger partial charge in [-0.1, -0.05) is 0 Å². The summed E-state index contributed by atoms with van der Waals surface area (Å²) in [7, 11) is 0. The number of hydrogen-bond acceptors (Lipinski definition) is 3. The highest BCUT2D eigenvalue weighted by Gasteiger charge is 2.38. The van der Waals surface area contributed by atoms with E-state index in [1.807, 2.05) is 32.6 Å². The van der Waals surface area contributed by atoms with Crippen molar-refractivity contribution in [2.24, 2.45) is 0 Å². The number of rotatable bonds is 4. The number of hydrogen-bond donors (Lipinski definition) is 0. The monoisotopic (exact) mass is 297 g/mol. The molecule has 0 aromatic carbocycles. The number of carbonyl (C=O) groups excluding carboxylic acids is 2. The average molecular weight is 297 g/mol. The quantitative estimate of drug-likeness (QED) is 0.791. The number of piperazine rings is 1. The summed E-state index contributed by atoms with van der Waals surface area (Å²) in [5.74, 6) is 0.0600. The lowest BCUT2D eigenvalue weighted by Crippen LogP contribution is -2.63. The normalized spacial score (nSPS) is 20.5. The molecular weight excluding hydrogens is 266 g/mol. The van der Waals surface area contributed by atoms with Crippen LogP contribution in [0.15, 0.2) is 0 Å². The zero-order valence-corrected chi connectivity index (χ0v) is 14.6. The van der Waals surface area contributed by atoms with Crippen LogP contribution in [0.25, 0.3) is 0 Å². The molecule has 0 radical (unpaired) electrons. The molecule has 21 heavy (non-hydrogen) atoms. The van der Waals surface area contributed by atoms with E-state index in [1.165, 1.54) is 0 Å². The van der Waals surface area contributed by atoms with Crippen LogP contribution >= 0.6 is 0 Å². The fourth-order valence-electron chi connectivity index (χ4n) is 3.14. The van der Waals surface area contributed by atoms with Crippen LogP contribution in [0.4, 0.5) is 0 Å². The minimum absolute atomic E-state index is 0.00998. The van der Waals surface area contributed by atoms with E-state index in [2.05, 4.69) is 18.7 Å². The first-order valence-corrected chi connectivity index (χ1v) is 8.00. The zero-order valence-electron chi connectivity index (χ0n) is 14.6. The van der Waals surface area contributed by atoms with E-state index in [-0.39, 0.29) is 29.9 Å². The van der Waals surface area contributed by atoms with Crippen molar-refractivity contribution < 1.29 is 9.59 Å². The van der Waals surface area contributed by atoms with Crippen molar-refractivity contribution in [2.75, 3.05) is 19.6 Å². The molecule has 0 aliphatic carbocycles. The Morgan fingerprint density at radius 1 is 1.00 bits per heavy atom. The third-order valence-electron chi connectivity index (χ3n) is 4.20. The molecule has 0 bridgehead atoms. The Morgan fingerprint density at radius 3 is 1.90 bits per heavy atom. The molecule has 5 nitrogen and oxygen atoms in total. The Labute approximate surface area is 129 Å². The van der Waals surface area contributed by atoms with Crippen molar-refractivity contribution in [3.63, 3.8) is 0 Å². The van der Waals surface area contributed by atoms with Crippen LogP contribution in [-0.2, 0) is 9.59 Å².